The van der Waals surface area contributed by atoms with Crippen molar-refractivity contribution in [3.05, 3.63) is 77.4 Å². The Balaban J connectivity index is 1.65. The Morgan fingerprint density at radius 2 is 1.76 bits per heavy atom. The molecule has 0 N–H and O–H groups in total. The minimum atomic E-state index is -0.226. The van der Waals surface area contributed by atoms with Crippen molar-refractivity contribution >= 4 is 0 Å². The van der Waals surface area contributed by atoms with Gasteiger partial charge in [0.2, 0.25) is 0 Å². The van der Waals surface area contributed by atoms with E-state index in [-0.39, 0.29) is 11.9 Å². The molecule has 0 unspecified atom stereocenters. The van der Waals surface area contributed by atoms with Crippen LogP contribution in [-0.2, 0) is 6.54 Å². The van der Waals surface area contributed by atoms with Crippen LogP contribution in [0.25, 0.3) is 0 Å². The van der Waals surface area contributed by atoms with Crippen molar-refractivity contribution in [1.82, 2.24) is 25.1 Å². The third-order valence-corrected chi connectivity index (χ3v) is 4.59. The van der Waals surface area contributed by atoms with E-state index in [0.717, 1.165) is 29.8 Å². The van der Waals surface area contributed by atoms with Crippen LogP contribution in [0.3, 0.4) is 0 Å². The highest BCUT2D eigenvalue weighted by molar-refractivity contribution is 5.32. The predicted octanol–water partition coefficient (Wildman–Crippen LogP) is 3.37. The number of aromatic nitrogens is 4. The molecule has 1 atom stereocenters. The maximum Gasteiger partial charge on any atom is 0.165 e. The molecule has 25 heavy (non-hydrogen) atoms. The quantitative estimate of drug-likeness (QED) is 0.692. The lowest BCUT2D eigenvalue weighted by Gasteiger charge is -2.28. The first-order chi connectivity index (χ1) is 12.2. The van der Waals surface area contributed by atoms with Crippen molar-refractivity contribution < 1.29 is 4.39 Å². The van der Waals surface area contributed by atoms with Crippen LogP contribution in [-0.4, -0.2) is 32.2 Å². The molecule has 0 amide bonds. The Morgan fingerprint density at radius 3 is 2.44 bits per heavy atom. The lowest BCUT2D eigenvalue weighted by atomic mass is 9.97. The van der Waals surface area contributed by atoms with Crippen LogP contribution in [0.15, 0.2) is 54.6 Å². The molecule has 2 aromatic carbocycles. The van der Waals surface area contributed by atoms with Crippen LogP contribution in [0.5, 0.6) is 0 Å². The fourth-order valence-corrected chi connectivity index (χ4v) is 3.22. The van der Waals surface area contributed by atoms with Crippen LogP contribution in [0.1, 0.15) is 41.9 Å². The lowest BCUT2D eigenvalue weighted by Crippen LogP contribution is -2.27. The number of tetrazole rings is 1. The number of benzene rings is 2. The molecule has 1 aliphatic rings. The standard InChI is InChI=1S/C19H20FN5/c1-24(13-18-21-22-23-25(18)17-11-12-17)19(14-5-3-2-4-6-14)15-7-9-16(20)10-8-15/h2-10,17,19H,11-13H2,1H3/t19-/m1/s1. The number of rotatable bonds is 6. The minimum Gasteiger partial charge on any atom is -0.288 e. The summed E-state index contributed by atoms with van der Waals surface area (Å²) in [6.45, 7) is 0.625. The van der Waals surface area contributed by atoms with Crippen molar-refractivity contribution in [3.8, 4) is 0 Å². The van der Waals surface area contributed by atoms with Crippen LogP contribution < -0.4 is 0 Å². The van der Waals surface area contributed by atoms with Gasteiger partial charge in [0.15, 0.2) is 5.82 Å². The van der Waals surface area contributed by atoms with Crippen LogP contribution in [0.2, 0.25) is 0 Å². The molecule has 0 radical (unpaired) electrons. The molecule has 0 bridgehead atoms. The van der Waals surface area contributed by atoms with Gasteiger partial charge in [-0.15, -0.1) is 5.10 Å². The molecule has 0 saturated heterocycles. The number of nitrogens with zero attached hydrogens (tertiary/aromatic N) is 5. The molecule has 1 heterocycles. The van der Waals surface area contributed by atoms with Gasteiger partial charge in [-0.2, -0.15) is 0 Å². The minimum absolute atomic E-state index is 0.00570. The Morgan fingerprint density at radius 1 is 1.08 bits per heavy atom. The summed E-state index contributed by atoms with van der Waals surface area (Å²) in [6, 6.07) is 17.4. The molecule has 1 fully saturated rings. The topological polar surface area (TPSA) is 46.8 Å². The average Bonchev–Trinajstić information content (AvgIpc) is 3.37. The summed E-state index contributed by atoms with van der Waals surface area (Å²) in [5.74, 6) is 0.643. The lowest BCUT2D eigenvalue weighted by molar-refractivity contribution is 0.258. The third-order valence-electron chi connectivity index (χ3n) is 4.59. The zero-order chi connectivity index (χ0) is 17.2. The van der Waals surface area contributed by atoms with Gasteiger partial charge in [-0.1, -0.05) is 42.5 Å². The Hall–Kier alpha value is -2.60. The molecule has 4 rings (SSSR count). The fraction of sp³-hybridized carbons (Fsp3) is 0.316. The van der Waals surface area contributed by atoms with E-state index in [2.05, 4.69) is 32.6 Å². The van der Waals surface area contributed by atoms with Crippen LogP contribution in [0, 0.1) is 5.82 Å². The molecule has 0 spiro atoms. The highest BCUT2D eigenvalue weighted by Crippen LogP contribution is 2.35. The molecule has 0 aliphatic heterocycles. The van der Waals surface area contributed by atoms with Crippen LogP contribution in [0.4, 0.5) is 4.39 Å². The average molecular weight is 337 g/mol. The highest BCUT2D eigenvalue weighted by Gasteiger charge is 2.29. The highest BCUT2D eigenvalue weighted by atomic mass is 19.1. The zero-order valence-electron chi connectivity index (χ0n) is 14.1. The first-order valence-electron chi connectivity index (χ1n) is 8.50. The van der Waals surface area contributed by atoms with Gasteiger partial charge in [-0.05, 0) is 53.6 Å². The van der Waals surface area contributed by atoms with E-state index in [1.165, 1.54) is 12.1 Å². The summed E-state index contributed by atoms with van der Waals surface area (Å²) >= 11 is 0. The molecular formula is C19H20FN5. The first-order valence-corrected chi connectivity index (χ1v) is 8.50. The SMILES string of the molecule is CN(Cc1nnnn1C1CC1)[C@H](c1ccccc1)c1ccc(F)cc1. The summed E-state index contributed by atoms with van der Waals surface area (Å²) in [7, 11) is 2.05. The van der Waals surface area contributed by atoms with Gasteiger partial charge in [0, 0.05) is 0 Å². The zero-order valence-corrected chi connectivity index (χ0v) is 14.1. The van der Waals surface area contributed by atoms with Gasteiger partial charge in [0.05, 0.1) is 18.6 Å². The Kier molecular flexibility index (Phi) is 4.28. The fourth-order valence-electron chi connectivity index (χ4n) is 3.22. The van der Waals surface area contributed by atoms with E-state index in [9.17, 15) is 4.39 Å². The van der Waals surface area contributed by atoms with E-state index >= 15 is 0 Å². The second-order valence-corrected chi connectivity index (χ2v) is 6.55. The normalized spacial score (nSPS) is 15.5. The number of hydrogen-bond donors (Lipinski definition) is 0. The van der Waals surface area contributed by atoms with Gasteiger partial charge in [0.25, 0.3) is 0 Å². The van der Waals surface area contributed by atoms with Gasteiger partial charge in [-0.25, -0.2) is 9.07 Å². The summed E-state index contributed by atoms with van der Waals surface area (Å²) in [5, 5.41) is 12.2. The molecule has 1 saturated carbocycles. The van der Waals surface area contributed by atoms with E-state index in [0.29, 0.717) is 12.6 Å². The molecule has 128 valence electrons. The summed E-state index contributed by atoms with van der Waals surface area (Å²) in [5.41, 5.74) is 2.20. The second kappa shape index (κ2) is 6.72. The van der Waals surface area contributed by atoms with Crippen LogP contribution >= 0.6 is 0 Å². The maximum absolute atomic E-state index is 13.4. The van der Waals surface area contributed by atoms with E-state index < -0.39 is 0 Å². The molecule has 1 aromatic heterocycles. The number of hydrogen-bond acceptors (Lipinski definition) is 4. The van der Waals surface area contributed by atoms with Gasteiger partial charge in [-0.3, -0.25) is 4.90 Å². The van der Waals surface area contributed by atoms with Gasteiger partial charge in [0.1, 0.15) is 5.82 Å². The Labute approximate surface area is 146 Å². The first kappa shape index (κ1) is 15.9. The Bertz CT molecular complexity index is 827. The van der Waals surface area contributed by atoms with E-state index in [1.54, 1.807) is 0 Å². The van der Waals surface area contributed by atoms with Crippen molar-refractivity contribution in [2.45, 2.75) is 31.5 Å². The number of halogens is 1. The van der Waals surface area contributed by atoms with E-state index in [1.807, 2.05) is 42.1 Å². The summed E-state index contributed by atoms with van der Waals surface area (Å²) in [6.07, 6.45) is 2.28. The smallest absolute Gasteiger partial charge is 0.165 e. The second-order valence-electron chi connectivity index (χ2n) is 6.55. The van der Waals surface area contributed by atoms with Crippen molar-refractivity contribution in [3.63, 3.8) is 0 Å². The third kappa shape index (κ3) is 3.44. The van der Waals surface area contributed by atoms with Gasteiger partial charge < -0.3 is 0 Å². The predicted molar refractivity (Wildman–Crippen MR) is 92.2 cm³/mol. The van der Waals surface area contributed by atoms with Gasteiger partial charge >= 0.3 is 0 Å². The summed E-state index contributed by atoms with van der Waals surface area (Å²) in [4.78, 5) is 2.20. The molecule has 1 aliphatic carbocycles. The van der Waals surface area contributed by atoms with Crippen molar-refractivity contribution in [2.75, 3.05) is 7.05 Å². The summed E-state index contributed by atoms with van der Waals surface area (Å²) < 4.78 is 15.3. The molecule has 6 heteroatoms. The monoisotopic (exact) mass is 337 g/mol. The largest absolute Gasteiger partial charge is 0.288 e. The van der Waals surface area contributed by atoms with E-state index in [4.69, 9.17) is 0 Å². The van der Waals surface area contributed by atoms with Crippen molar-refractivity contribution in [1.29, 1.82) is 0 Å². The maximum atomic E-state index is 13.4. The van der Waals surface area contributed by atoms with Crippen molar-refractivity contribution in [2.24, 2.45) is 0 Å². The molecule has 5 nitrogen and oxygen atoms in total. The molecular weight excluding hydrogens is 317 g/mol. The molecule has 3 aromatic rings.